The summed E-state index contributed by atoms with van der Waals surface area (Å²) < 4.78 is 5.35. The summed E-state index contributed by atoms with van der Waals surface area (Å²) in [5, 5.41) is 5.04. The minimum Gasteiger partial charge on any atom is -0.339 e. The molecule has 2 aliphatic rings. The zero-order valence-electron chi connectivity index (χ0n) is 12.7. The molecule has 3 heterocycles. The molecule has 2 aromatic heterocycles. The zero-order valence-corrected chi connectivity index (χ0v) is 13.5. The molecule has 1 saturated carbocycles. The van der Waals surface area contributed by atoms with Crippen LogP contribution in [-0.4, -0.2) is 32.5 Å². The topological polar surface area (TPSA) is 72.1 Å². The normalized spacial score (nSPS) is 21.5. The van der Waals surface area contributed by atoms with Crippen molar-refractivity contribution in [2.45, 2.75) is 51.5 Å². The van der Waals surface area contributed by atoms with Gasteiger partial charge in [-0.05, 0) is 39.5 Å². The second-order valence-electron chi connectivity index (χ2n) is 6.07. The van der Waals surface area contributed by atoms with Gasteiger partial charge < -0.3 is 9.42 Å². The van der Waals surface area contributed by atoms with Crippen molar-refractivity contribution in [1.29, 1.82) is 0 Å². The number of hydrogen-bond donors (Lipinski definition) is 0. The minimum atomic E-state index is -0.0643. The van der Waals surface area contributed by atoms with Gasteiger partial charge >= 0.3 is 0 Å². The highest BCUT2D eigenvalue weighted by Crippen LogP contribution is 2.40. The Kier molecular flexibility index (Phi) is 3.25. The quantitative estimate of drug-likeness (QED) is 0.870. The molecular weight excluding hydrogens is 300 g/mol. The van der Waals surface area contributed by atoms with Crippen molar-refractivity contribution in [3.8, 4) is 0 Å². The molecular formula is C15H18N4O2S. The molecule has 2 aromatic rings. The maximum Gasteiger partial charge on any atom is 0.266 e. The third kappa shape index (κ3) is 2.33. The highest BCUT2D eigenvalue weighted by atomic mass is 32.1. The van der Waals surface area contributed by atoms with Crippen LogP contribution in [-0.2, 0) is 0 Å². The van der Waals surface area contributed by atoms with E-state index in [9.17, 15) is 4.79 Å². The van der Waals surface area contributed by atoms with Gasteiger partial charge in [0, 0.05) is 12.5 Å². The first-order valence-corrected chi connectivity index (χ1v) is 8.53. The monoisotopic (exact) mass is 318 g/mol. The van der Waals surface area contributed by atoms with Crippen molar-refractivity contribution in [3.63, 3.8) is 0 Å². The Balaban J connectivity index is 1.59. The SMILES string of the molecule is Cc1nc(C)c(C(=O)N2CCCC2c2noc(C3CC3)n2)s1. The number of amides is 1. The van der Waals surface area contributed by atoms with Gasteiger partial charge in [-0.3, -0.25) is 4.79 Å². The molecule has 2 fully saturated rings. The van der Waals surface area contributed by atoms with Crippen LogP contribution in [0.5, 0.6) is 0 Å². The van der Waals surface area contributed by atoms with E-state index in [1.807, 2.05) is 18.7 Å². The van der Waals surface area contributed by atoms with Crippen LogP contribution >= 0.6 is 11.3 Å². The van der Waals surface area contributed by atoms with Crippen molar-refractivity contribution in [2.75, 3.05) is 6.54 Å². The van der Waals surface area contributed by atoms with E-state index >= 15 is 0 Å². The van der Waals surface area contributed by atoms with E-state index in [1.54, 1.807) is 0 Å². The number of thiazole rings is 1. The number of rotatable bonds is 3. The highest BCUT2D eigenvalue weighted by molar-refractivity contribution is 7.13. The molecule has 1 aliphatic heterocycles. The molecule has 116 valence electrons. The van der Waals surface area contributed by atoms with Gasteiger partial charge in [-0.1, -0.05) is 5.16 Å². The van der Waals surface area contributed by atoms with Gasteiger partial charge in [0.25, 0.3) is 5.91 Å². The highest BCUT2D eigenvalue weighted by Gasteiger charge is 2.37. The lowest BCUT2D eigenvalue weighted by atomic mass is 10.2. The molecule has 1 atom stereocenters. The van der Waals surface area contributed by atoms with Crippen molar-refractivity contribution in [3.05, 3.63) is 27.3 Å². The van der Waals surface area contributed by atoms with Crippen LogP contribution in [0.4, 0.5) is 0 Å². The summed E-state index contributed by atoms with van der Waals surface area (Å²) in [5.41, 5.74) is 0.810. The molecule has 6 nitrogen and oxygen atoms in total. The molecule has 1 unspecified atom stereocenters. The van der Waals surface area contributed by atoms with Crippen LogP contribution in [0.2, 0.25) is 0 Å². The third-order valence-electron chi connectivity index (χ3n) is 4.29. The Labute approximate surface area is 132 Å². The lowest BCUT2D eigenvalue weighted by Crippen LogP contribution is -2.31. The summed E-state index contributed by atoms with van der Waals surface area (Å²) in [4.78, 5) is 24.3. The summed E-state index contributed by atoms with van der Waals surface area (Å²) in [5.74, 6) is 1.88. The van der Waals surface area contributed by atoms with Gasteiger partial charge in [-0.2, -0.15) is 4.98 Å². The molecule has 1 saturated heterocycles. The average molecular weight is 318 g/mol. The molecule has 0 spiro atoms. The fraction of sp³-hybridized carbons (Fsp3) is 0.600. The molecule has 4 rings (SSSR count). The Morgan fingerprint density at radius 3 is 2.77 bits per heavy atom. The van der Waals surface area contributed by atoms with Gasteiger partial charge in [-0.25, -0.2) is 4.98 Å². The predicted molar refractivity (Wildman–Crippen MR) is 80.9 cm³/mol. The van der Waals surface area contributed by atoms with Gasteiger partial charge in [0.05, 0.1) is 16.7 Å². The number of aromatic nitrogens is 3. The first-order chi connectivity index (χ1) is 10.6. The van der Waals surface area contributed by atoms with Crippen LogP contribution in [0.1, 0.15) is 69.7 Å². The van der Waals surface area contributed by atoms with E-state index in [1.165, 1.54) is 11.3 Å². The molecule has 0 aromatic carbocycles. The fourth-order valence-electron chi connectivity index (χ4n) is 3.02. The summed E-state index contributed by atoms with van der Waals surface area (Å²) in [6.07, 6.45) is 4.13. The van der Waals surface area contributed by atoms with E-state index in [2.05, 4.69) is 15.1 Å². The van der Waals surface area contributed by atoms with Crippen molar-refractivity contribution >= 4 is 17.2 Å². The number of aryl methyl sites for hydroxylation is 2. The van der Waals surface area contributed by atoms with Crippen LogP contribution in [0.15, 0.2) is 4.52 Å². The maximum atomic E-state index is 12.8. The van der Waals surface area contributed by atoms with Gasteiger partial charge in [0.2, 0.25) is 5.89 Å². The fourth-order valence-corrected chi connectivity index (χ4v) is 3.89. The van der Waals surface area contributed by atoms with Gasteiger partial charge in [-0.15, -0.1) is 11.3 Å². The van der Waals surface area contributed by atoms with Crippen LogP contribution < -0.4 is 0 Å². The van der Waals surface area contributed by atoms with Gasteiger partial charge in [0.1, 0.15) is 4.88 Å². The van der Waals surface area contributed by atoms with E-state index in [0.717, 1.165) is 53.7 Å². The molecule has 1 aliphatic carbocycles. The minimum absolute atomic E-state index is 0.0448. The standard InChI is InChI=1S/C15H18N4O2S/c1-8-12(22-9(2)16-8)15(20)19-7-3-4-11(19)13-17-14(21-18-13)10-5-6-10/h10-11H,3-7H2,1-2H3. The van der Waals surface area contributed by atoms with E-state index < -0.39 is 0 Å². The van der Waals surface area contributed by atoms with Crippen molar-refractivity contribution < 1.29 is 9.32 Å². The Hall–Kier alpha value is -1.76. The van der Waals surface area contributed by atoms with E-state index in [4.69, 9.17) is 4.52 Å². The van der Waals surface area contributed by atoms with Gasteiger partial charge in [0.15, 0.2) is 5.82 Å². The number of carbonyl (C=O) groups excluding carboxylic acids is 1. The maximum absolute atomic E-state index is 12.8. The summed E-state index contributed by atoms with van der Waals surface area (Å²) in [7, 11) is 0. The lowest BCUT2D eigenvalue weighted by Gasteiger charge is -2.21. The number of hydrogen-bond acceptors (Lipinski definition) is 6. The number of carbonyl (C=O) groups is 1. The first kappa shape index (κ1) is 13.9. The predicted octanol–water partition coefficient (Wildman–Crippen LogP) is 3.00. The summed E-state index contributed by atoms with van der Waals surface area (Å²) >= 11 is 1.46. The smallest absolute Gasteiger partial charge is 0.266 e. The number of likely N-dealkylation sites (tertiary alicyclic amines) is 1. The third-order valence-corrected chi connectivity index (χ3v) is 5.35. The summed E-state index contributed by atoms with van der Waals surface area (Å²) in [6, 6.07) is -0.0643. The Morgan fingerprint density at radius 2 is 2.09 bits per heavy atom. The molecule has 22 heavy (non-hydrogen) atoms. The lowest BCUT2D eigenvalue weighted by molar-refractivity contribution is 0.0732. The second-order valence-corrected chi connectivity index (χ2v) is 7.27. The molecule has 1 amide bonds. The molecule has 7 heteroatoms. The van der Waals surface area contributed by atoms with Crippen LogP contribution in [0, 0.1) is 13.8 Å². The van der Waals surface area contributed by atoms with Crippen LogP contribution in [0.25, 0.3) is 0 Å². The molecule has 0 N–H and O–H groups in total. The Morgan fingerprint density at radius 1 is 1.27 bits per heavy atom. The second kappa shape index (κ2) is 5.15. The molecule has 0 bridgehead atoms. The zero-order chi connectivity index (χ0) is 15.3. The largest absolute Gasteiger partial charge is 0.339 e. The Bertz CT molecular complexity index is 719. The van der Waals surface area contributed by atoms with E-state index in [0.29, 0.717) is 11.7 Å². The number of nitrogens with zero attached hydrogens (tertiary/aromatic N) is 4. The van der Waals surface area contributed by atoms with E-state index in [-0.39, 0.29) is 11.9 Å². The van der Waals surface area contributed by atoms with Crippen LogP contribution in [0.3, 0.4) is 0 Å². The average Bonchev–Trinajstić information content (AvgIpc) is 2.92. The summed E-state index contributed by atoms with van der Waals surface area (Å²) in [6.45, 7) is 4.56. The van der Waals surface area contributed by atoms with Crippen molar-refractivity contribution in [1.82, 2.24) is 20.0 Å². The first-order valence-electron chi connectivity index (χ1n) is 7.72. The molecule has 0 radical (unpaired) electrons. The van der Waals surface area contributed by atoms with Crippen molar-refractivity contribution in [2.24, 2.45) is 0 Å².